The summed E-state index contributed by atoms with van der Waals surface area (Å²) in [5.41, 5.74) is 2.16. The fourth-order valence-electron chi connectivity index (χ4n) is 2.07. The van der Waals surface area contributed by atoms with Gasteiger partial charge in [-0.1, -0.05) is 22.9 Å². The van der Waals surface area contributed by atoms with Gasteiger partial charge in [-0.05, 0) is 60.7 Å². The Balaban J connectivity index is 2.36. The molecule has 1 unspecified atom stereocenters. The highest BCUT2D eigenvalue weighted by atomic mass is 79.9. The molecule has 19 heavy (non-hydrogen) atoms. The standard InChI is InChI=1S/C15H17BrFNS/c1-3-4-18-15(12-5-10(2)19-9-12)11-6-13(16)8-14(17)7-11/h5-9,15,18H,3-4H2,1-2H3. The summed E-state index contributed by atoms with van der Waals surface area (Å²) in [6.07, 6.45) is 1.05. The average molecular weight is 342 g/mol. The van der Waals surface area contributed by atoms with E-state index in [2.05, 4.69) is 46.5 Å². The quantitative estimate of drug-likeness (QED) is 0.802. The molecule has 0 bridgehead atoms. The van der Waals surface area contributed by atoms with Gasteiger partial charge in [0.2, 0.25) is 0 Å². The molecular weight excluding hydrogens is 325 g/mol. The van der Waals surface area contributed by atoms with Crippen LogP contribution in [0.2, 0.25) is 0 Å². The zero-order chi connectivity index (χ0) is 13.8. The van der Waals surface area contributed by atoms with Crippen LogP contribution >= 0.6 is 27.3 Å². The summed E-state index contributed by atoms with van der Waals surface area (Å²) in [6, 6.07) is 7.28. The smallest absolute Gasteiger partial charge is 0.124 e. The van der Waals surface area contributed by atoms with E-state index in [1.165, 1.54) is 16.5 Å². The molecular formula is C15H17BrFNS. The third-order valence-corrected chi connectivity index (χ3v) is 4.24. The minimum Gasteiger partial charge on any atom is -0.306 e. The van der Waals surface area contributed by atoms with Crippen LogP contribution in [0, 0.1) is 12.7 Å². The van der Waals surface area contributed by atoms with Crippen LogP contribution in [-0.4, -0.2) is 6.54 Å². The average Bonchev–Trinajstić information content (AvgIpc) is 2.75. The normalized spacial score (nSPS) is 12.6. The molecule has 0 aliphatic rings. The van der Waals surface area contributed by atoms with Crippen molar-refractivity contribution in [2.75, 3.05) is 6.54 Å². The zero-order valence-corrected chi connectivity index (χ0v) is 13.4. The first kappa shape index (κ1) is 14.7. The number of halogens is 2. The third kappa shape index (κ3) is 3.88. The van der Waals surface area contributed by atoms with Crippen LogP contribution in [0.1, 0.15) is 35.4 Å². The van der Waals surface area contributed by atoms with E-state index in [9.17, 15) is 4.39 Å². The summed E-state index contributed by atoms with van der Waals surface area (Å²) in [7, 11) is 0. The fraction of sp³-hybridized carbons (Fsp3) is 0.333. The Kier molecular flexibility index (Phi) is 5.13. The molecule has 102 valence electrons. The summed E-state index contributed by atoms with van der Waals surface area (Å²) in [5.74, 6) is -0.209. The molecule has 1 nitrogen and oxygen atoms in total. The largest absolute Gasteiger partial charge is 0.306 e. The maximum atomic E-state index is 13.6. The molecule has 0 amide bonds. The Morgan fingerprint density at radius 2 is 2.05 bits per heavy atom. The summed E-state index contributed by atoms with van der Waals surface area (Å²) in [5, 5.41) is 5.63. The minimum atomic E-state index is -0.209. The lowest BCUT2D eigenvalue weighted by molar-refractivity contribution is 0.586. The van der Waals surface area contributed by atoms with E-state index in [1.54, 1.807) is 17.4 Å². The fourth-order valence-corrected chi connectivity index (χ4v) is 3.29. The number of nitrogens with one attached hydrogen (secondary N) is 1. The van der Waals surface area contributed by atoms with Gasteiger partial charge in [0.15, 0.2) is 0 Å². The van der Waals surface area contributed by atoms with Crippen LogP contribution in [0.3, 0.4) is 0 Å². The second kappa shape index (κ2) is 6.64. The molecule has 2 aromatic rings. The number of hydrogen-bond donors (Lipinski definition) is 1. The first-order valence-electron chi connectivity index (χ1n) is 6.34. The molecule has 0 spiro atoms. The molecule has 0 saturated carbocycles. The van der Waals surface area contributed by atoms with Crippen molar-refractivity contribution in [3.8, 4) is 0 Å². The topological polar surface area (TPSA) is 12.0 Å². The maximum absolute atomic E-state index is 13.6. The Morgan fingerprint density at radius 1 is 1.26 bits per heavy atom. The van der Waals surface area contributed by atoms with Gasteiger partial charge < -0.3 is 5.32 Å². The van der Waals surface area contributed by atoms with Crippen molar-refractivity contribution in [2.45, 2.75) is 26.3 Å². The molecule has 0 fully saturated rings. The van der Waals surface area contributed by atoms with Crippen LogP contribution in [0.5, 0.6) is 0 Å². The Morgan fingerprint density at radius 3 is 2.63 bits per heavy atom. The van der Waals surface area contributed by atoms with Crippen molar-refractivity contribution in [1.82, 2.24) is 5.32 Å². The van der Waals surface area contributed by atoms with Crippen molar-refractivity contribution >= 4 is 27.3 Å². The second-order valence-electron chi connectivity index (χ2n) is 4.58. The Labute approximate surface area is 126 Å². The SMILES string of the molecule is CCCNC(c1cc(F)cc(Br)c1)c1csc(C)c1. The highest BCUT2D eigenvalue weighted by Crippen LogP contribution is 2.28. The molecule has 1 heterocycles. The second-order valence-corrected chi connectivity index (χ2v) is 6.61. The van der Waals surface area contributed by atoms with Crippen LogP contribution in [0.4, 0.5) is 4.39 Å². The van der Waals surface area contributed by atoms with E-state index in [-0.39, 0.29) is 11.9 Å². The van der Waals surface area contributed by atoms with Crippen molar-refractivity contribution in [3.63, 3.8) is 0 Å². The van der Waals surface area contributed by atoms with E-state index in [4.69, 9.17) is 0 Å². The van der Waals surface area contributed by atoms with Gasteiger partial charge in [-0.2, -0.15) is 0 Å². The lowest BCUT2D eigenvalue weighted by atomic mass is 10.0. The van der Waals surface area contributed by atoms with Gasteiger partial charge in [0.05, 0.1) is 6.04 Å². The lowest BCUT2D eigenvalue weighted by Gasteiger charge is -2.18. The molecule has 1 aromatic heterocycles. The van der Waals surface area contributed by atoms with E-state index >= 15 is 0 Å². The summed E-state index contributed by atoms with van der Waals surface area (Å²) in [6.45, 7) is 5.13. The Hall–Kier alpha value is -0.710. The summed E-state index contributed by atoms with van der Waals surface area (Å²) >= 11 is 5.09. The monoisotopic (exact) mass is 341 g/mol. The first-order chi connectivity index (χ1) is 9.10. The predicted octanol–water partition coefficient (Wildman–Crippen LogP) is 5.05. The van der Waals surface area contributed by atoms with Gasteiger partial charge in [0.25, 0.3) is 0 Å². The van der Waals surface area contributed by atoms with Crippen LogP contribution in [0.25, 0.3) is 0 Å². The molecule has 1 N–H and O–H groups in total. The highest BCUT2D eigenvalue weighted by Gasteiger charge is 2.16. The van der Waals surface area contributed by atoms with Gasteiger partial charge in [-0.3, -0.25) is 0 Å². The zero-order valence-electron chi connectivity index (χ0n) is 11.0. The van der Waals surface area contributed by atoms with Gasteiger partial charge >= 0.3 is 0 Å². The lowest BCUT2D eigenvalue weighted by Crippen LogP contribution is -2.22. The van der Waals surface area contributed by atoms with Crippen molar-refractivity contribution < 1.29 is 4.39 Å². The molecule has 2 rings (SSSR count). The van der Waals surface area contributed by atoms with E-state index in [0.717, 1.165) is 23.0 Å². The van der Waals surface area contributed by atoms with Gasteiger partial charge in [-0.15, -0.1) is 11.3 Å². The maximum Gasteiger partial charge on any atom is 0.124 e. The molecule has 0 aliphatic heterocycles. The number of rotatable bonds is 5. The van der Waals surface area contributed by atoms with Crippen LogP contribution < -0.4 is 5.32 Å². The van der Waals surface area contributed by atoms with Gasteiger partial charge in [0.1, 0.15) is 5.82 Å². The molecule has 0 radical (unpaired) electrons. The minimum absolute atomic E-state index is 0.0527. The molecule has 0 aliphatic carbocycles. The van der Waals surface area contributed by atoms with Crippen LogP contribution in [0.15, 0.2) is 34.1 Å². The van der Waals surface area contributed by atoms with E-state index in [0.29, 0.717) is 0 Å². The summed E-state index contributed by atoms with van der Waals surface area (Å²) < 4.78 is 14.4. The van der Waals surface area contributed by atoms with E-state index < -0.39 is 0 Å². The van der Waals surface area contributed by atoms with Crippen molar-refractivity contribution in [2.24, 2.45) is 0 Å². The number of thiophene rings is 1. The van der Waals surface area contributed by atoms with Gasteiger partial charge in [0, 0.05) is 9.35 Å². The molecule has 1 atom stereocenters. The Bertz CT molecular complexity index is 533. The molecule has 1 aromatic carbocycles. The first-order valence-corrected chi connectivity index (χ1v) is 8.02. The molecule has 0 saturated heterocycles. The van der Waals surface area contributed by atoms with Crippen molar-refractivity contribution in [1.29, 1.82) is 0 Å². The predicted molar refractivity (Wildman–Crippen MR) is 83.3 cm³/mol. The number of benzene rings is 1. The molecule has 4 heteroatoms. The van der Waals surface area contributed by atoms with Gasteiger partial charge in [-0.25, -0.2) is 4.39 Å². The number of hydrogen-bond acceptors (Lipinski definition) is 2. The third-order valence-electron chi connectivity index (χ3n) is 2.90. The highest BCUT2D eigenvalue weighted by molar-refractivity contribution is 9.10. The number of aryl methyl sites for hydroxylation is 1. The van der Waals surface area contributed by atoms with Crippen LogP contribution in [-0.2, 0) is 0 Å². The van der Waals surface area contributed by atoms with E-state index in [1.807, 2.05) is 6.07 Å². The van der Waals surface area contributed by atoms with Crippen molar-refractivity contribution in [3.05, 3.63) is 55.9 Å². The summed E-state index contributed by atoms with van der Waals surface area (Å²) in [4.78, 5) is 1.27.